The molecule has 3 heterocycles. The standard InChI is InChI=1S/C22H23Cl2N4O3/c1-28(2)22-14-8-18(26-13-5-6-31-11-13)25-10-12(14)7-15(27-22)19-20(23)16(29-3)9-17(30-4)21(19)24/h7-10,13H,5-6,11H2,1-4H3/q-1. The molecule has 0 amide bonds. The molecule has 4 rings (SSSR count). The Hall–Kier alpha value is -2.48. The topological polar surface area (TPSA) is 70.8 Å². The van der Waals surface area contributed by atoms with Crippen molar-refractivity contribution in [3.8, 4) is 22.8 Å². The van der Waals surface area contributed by atoms with Crippen LogP contribution in [0, 0.1) is 0 Å². The highest BCUT2D eigenvalue weighted by Crippen LogP contribution is 2.46. The van der Waals surface area contributed by atoms with E-state index in [-0.39, 0.29) is 6.04 Å². The van der Waals surface area contributed by atoms with Crippen molar-refractivity contribution in [1.82, 2.24) is 9.97 Å². The van der Waals surface area contributed by atoms with E-state index in [1.807, 2.05) is 31.1 Å². The normalized spacial score (nSPS) is 15.9. The van der Waals surface area contributed by atoms with Gasteiger partial charge in [0.2, 0.25) is 0 Å². The Morgan fingerprint density at radius 1 is 1.10 bits per heavy atom. The van der Waals surface area contributed by atoms with E-state index in [1.54, 1.807) is 26.5 Å². The van der Waals surface area contributed by atoms with Gasteiger partial charge in [-0.1, -0.05) is 41.3 Å². The van der Waals surface area contributed by atoms with Gasteiger partial charge in [-0.3, -0.25) is 0 Å². The zero-order chi connectivity index (χ0) is 22.1. The maximum atomic E-state index is 6.62. The smallest absolute Gasteiger partial charge is 0.141 e. The van der Waals surface area contributed by atoms with Gasteiger partial charge in [0.25, 0.3) is 0 Å². The fourth-order valence-electron chi connectivity index (χ4n) is 3.58. The van der Waals surface area contributed by atoms with Gasteiger partial charge in [0, 0.05) is 44.3 Å². The third-order valence-corrected chi connectivity index (χ3v) is 5.90. The van der Waals surface area contributed by atoms with Crippen molar-refractivity contribution in [2.45, 2.75) is 12.5 Å². The van der Waals surface area contributed by atoms with E-state index < -0.39 is 0 Å². The molecule has 0 bridgehead atoms. The van der Waals surface area contributed by atoms with Gasteiger partial charge in [-0.15, -0.1) is 0 Å². The molecule has 0 saturated carbocycles. The number of ether oxygens (including phenoxy) is 3. The van der Waals surface area contributed by atoms with Crippen LogP contribution in [-0.2, 0) is 4.74 Å². The summed E-state index contributed by atoms with van der Waals surface area (Å²) in [5, 5.41) is 7.26. The molecule has 0 radical (unpaired) electrons. The summed E-state index contributed by atoms with van der Waals surface area (Å²) in [7, 11) is 6.95. The first kappa shape index (κ1) is 21.7. The third kappa shape index (κ3) is 4.18. The van der Waals surface area contributed by atoms with Crippen LogP contribution in [0.15, 0.2) is 24.4 Å². The van der Waals surface area contributed by atoms with E-state index in [1.165, 1.54) is 0 Å². The fourth-order valence-corrected chi connectivity index (χ4v) is 4.27. The number of hydrogen-bond acceptors (Lipinski definition) is 6. The minimum atomic E-state index is 0.141. The molecule has 2 aromatic heterocycles. The van der Waals surface area contributed by atoms with Crippen LogP contribution in [0.2, 0.25) is 10.0 Å². The summed E-state index contributed by atoms with van der Waals surface area (Å²) in [6.45, 7) is 1.37. The van der Waals surface area contributed by atoms with Crippen molar-refractivity contribution < 1.29 is 14.2 Å². The van der Waals surface area contributed by atoms with Gasteiger partial charge in [0.05, 0.1) is 30.0 Å². The molecule has 164 valence electrons. The van der Waals surface area contributed by atoms with Crippen LogP contribution in [0.1, 0.15) is 6.42 Å². The average molecular weight is 462 g/mol. The van der Waals surface area contributed by atoms with Gasteiger partial charge in [-0.25, -0.2) is 4.98 Å². The molecule has 0 spiro atoms. The molecule has 1 fully saturated rings. The Bertz CT molecular complexity index is 1090. The highest BCUT2D eigenvalue weighted by Gasteiger charge is 2.21. The molecule has 0 aliphatic carbocycles. The van der Waals surface area contributed by atoms with Gasteiger partial charge in [0.15, 0.2) is 0 Å². The molecule has 31 heavy (non-hydrogen) atoms. The summed E-state index contributed by atoms with van der Waals surface area (Å²) in [5.41, 5.74) is 1.14. The molecule has 1 saturated heterocycles. The Labute approximate surface area is 191 Å². The zero-order valence-corrected chi connectivity index (χ0v) is 19.3. The lowest BCUT2D eigenvalue weighted by Crippen LogP contribution is -2.12. The lowest BCUT2D eigenvalue weighted by molar-refractivity contribution is 0.196. The van der Waals surface area contributed by atoms with Crippen molar-refractivity contribution in [3.05, 3.63) is 39.8 Å². The van der Waals surface area contributed by atoms with E-state index in [2.05, 4.69) is 4.98 Å². The number of halogens is 2. The zero-order valence-electron chi connectivity index (χ0n) is 17.8. The molecule has 7 nitrogen and oxygen atoms in total. The maximum absolute atomic E-state index is 6.62. The van der Waals surface area contributed by atoms with Gasteiger partial charge in [0.1, 0.15) is 17.3 Å². The maximum Gasteiger partial charge on any atom is 0.141 e. The van der Waals surface area contributed by atoms with Gasteiger partial charge in [-0.05, 0) is 23.9 Å². The first-order chi connectivity index (χ1) is 14.9. The number of hydrogen-bond donors (Lipinski definition) is 0. The molecular weight excluding hydrogens is 439 g/mol. The lowest BCUT2D eigenvalue weighted by Gasteiger charge is -2.23. The van der Waals surface area contributed by atoms with Crippen LogP contribution >= 0.6 is 23.2 Å². The minimum absolute atomic E-state index is 0.141. The number of rotatable bonds is 6. The highest BCUT2D eigenvalue weighted by atomic mass is 35.5. The van der Waals surface area contributed by atoms with E-state index in [4.69, 9.17) is 47.7 Å². The predicted octanol–water partition coefficient (Wildman–Crippen LogP) is 5.48. The summed E-state index contributed by atoms with van der Waals surface area (Å²) < 4.78 is 16.2. The summed E-state index contributed by atoms with van der Waals surface area (Å²) >= 11 is 13.2. The molecule has 0 N–H and O–H groups in total. The molecular formula is C22H23Cl2N4O3-. The number of benzene rings is 1. The monoisotopic (exact) mass is 461 g/mol. The van der Waals surface area contributed by atoms with Crippen LogP contribution in [-0.4, -0.2) is 57.5 Å². The van der Waals surface area contributed by atoms with E-state index >= 15 is 0 Å². The number of fused-ring (bicyclic) bond motifs is 1. The van der Waals surface area contributed by atoms with Gasteiger partial charge < -0.3 is 29.4 Å². The molecule has 9 heteroatoms. The number of anilines is 1. The Kier molecular flexibility index (Phi) is 6.27. The van der Waals surface area contributed by atoms with Crippen molar-refractivity contribution >= 4 is 45.6 Å². The van der Waals surface area contributed by atoms with Gasteiger partial charge >= 0.3 is 0 Å². The van der Waals surface area contributed by atoms with E-state index in [0.29, 0.717) is 45.2 Å². The number of pyridine rings is 2. The van der Waals surface area contributed by atoms with Crippen LogP contribution in [0.25, 0.3) is 27.3 Å². The Morgan fingerprint density at radius 2 is 1.81 bits per heavy atom. The fraction of sp³-hybridized carbons (Fsp3) is 0.364. The SMILES string of the molecule is COc1cc(OC)c(Cl)c(-c2cc3cnc([N-]C4CCOC4)cc3c(N(C)C)n2)c1Cl. The number of nitrogens with zero attached hydrogens (tertiary/aromatic N) is 4. The molecule has 1 aromatic carbocycles. The summed E-state index contributed by atoms with van der Waals surface area (Å²) in [5.74, 6) is 2.33. The first-order valence-corrected chi connectivity index (χ1v) is 10.6. The molecule has 1 aliphatic heterocycles. The largest absolute Gasteiger partial charge is 0.495 e. The highest BCUT2D eigenvalue weighted by molar-refractivity contribution is 6.41. The van der Waals surface area contributed by atoms with E-state index in [0.717, 1.165) is 29.6 Å². The predicted molar refractivity (Wildman–Crippen MR) is 125 cm³/mol. The quantitative estimate of drug-likeness (QED) is 0.483. The third-order valence-electron chi connectivity index (χ3n) is 5.15. The van der Waals surface area contributed by atoms with Crippen LogP contribution in [0.4, 0.5) is 11.6 Å². The van der Waals surface area contributed by atoms with Crippen molar-refractivity contribution in [1.29, 1.82) is 0 Å². The second-order valence-corrected chi connectivity index (χ2v) is 8.18. The second kappa shape index (κ2) is 8.94. The van der Waals surface area contributed by atoms with E-state index in [9.17, 15) is 0 Å². The second-order valence-electron chi connectivity index (χ2n) is 7.42. The number of methoxy groups -OCH3 is 2. The van der Waals surface area contributed by atoms with Crippen LogP contribution in [0.5, 0.6) is 11.5 Å². The summed E-state index contributed by atoms with van der Waals surface area (Å²) in [6, 6.07) is 5.66. The number of aromatic nitrogens is 2. The summed E-state index contributed by atoms with van der Waals surface area (Å²) in [4.78, 5) is 11.3. The first-order valence-electron chi connectivity index (χ1n) is 9.80. The van der Waals surface area contributed by atoms with Gasteiger partial charge in [-0.2, -0.15) is 0 Å². The lowest BCUT2D eigenvalue weighted by atomic mass is 10.1. The van der Waals surface area contributed by atoms with Crippen molar-refractivity contribution in [2.75, 3.05) is 46.4 Å². The Balaban J connectivity index is 1.87. The minimum Gasteiger partial charge on any atom is -0.495 e. The summed E-state index contributed by atoms with van der Waals surface area (Å²) in [6.07, 6.45) is 2.70. The average Bonchev–Trinajstić information content (AvgIpc) is 3.26. The molecule has 1 aliphatic rings. The van der Waals surface area contributed by atoms with Crippen LogP contribution < -0.4 is 14.4 Å². The van der Waals surface area contributed by atoms with Crippen molar-refractivity contribution in [3.63, 3.8) is 0 Å². The molecule has 3 aromatic rings. The van der Waals surface area contributed by atoms with Crippen molar-refractivity contribution in [2.24, 2.45) is 0 Å². The molecule has 1 unspecified atom stereocenters. The Morgan fingerprint density at radius 3 is 2.39 bits per heavy atom. The van der Waals surface area contributed by atoms with Crippen LogP contribution in [0.3, 0.4) is 0 Å². The molecule has 1 atom stereocenters.